The van der Waals surface area contributed by atoms with Gasteiger partial charge in [0.1, 0.15) is 11.6 Å². The fourth-order valence-corrected chi connectivity index (χ4v) is 0.795. The molecular formula is C9H20N2O2. The van der Waals surface area contributed by atoms with Crippen LogP contribution in [-0.4, -0.2) is 31.2 Å². The zero-order valence-electron chi connectivity index (χ0n) is 8.89. The molecule has 0 bridgehead atoms. The molecule has 13 heavy (non-hydrogen) atoms. The number of ether oxygens (including phenoxy) is 1. The molecule has 0 saturated heterocycles. The van der Waals surface area contributed by atoms with Gasteiger partial charge in [-0.1, -0.05) is 0 Å². The second-order valence-electron chi connectivity index (χ2n) is 4.03. The lowest BCUT2D eigenvalue weighted by Crippen LogP contribution is -2.38. The van der Waals surface area contributed by atoms with E-state index in [2.05, 4.69) is 5.32 Å². The van der Waals surface area contributed by atoms with Gasteiger partial charge in [0, 0.05) is 0 Å². The monoisotopic (exact) mass is 188 g/mol. The van der Waals surface area contributed by atoms with E-state index in [1.54, 1.807) is 0 Å². The maximum Gasteiger partial charge on any atom is 0.323 e. The SMILES string of the molecule is CNCC[C@H](N)C(=O)OC(C)(C)C. The molecule has 0 aromatic heterocycles. The average Bonchev–Trinajstić information content (AvgIpc) is 1.96. The highest BCUT2D eigenvalue weighted by atomic mass is 16.6. The van der Waals surface area contributed by atoms with Gasteiger partial charge >= 0.3 is 5.97 Å². The third-order valence-electron chi connectivity index (χ3n) is 1.41. The van der Waals surface area contributed by atoms with Crippen molar-refractivity contribution in [3.05, 3.63) is 0 Å². The Bertz CT molecular complexity index is 163. The van der Waals surface area contributed by atoms with Crippen LogP contribution in [0.3, 0.4) is 0 Å². The lowest BCUT2D eigenvalue weighted by atomic mass is 10.1. The number of carbonyl (C=O) groups is 1. The number of hydrogen-bond donors (Lipinski definition) is 2. The highest BCUT2D eigenvalue weighted by molar-refractivity contribution is 5.75. The largest absolute Gasteiger partial charge is 0.459 e. The summed E-state index contributed by atoms with van der Waals surface area (Å²) in [6.07, 6.45) is 0.603. The molecule has 1 atom stereocenters. The fourth-order valence-electron chi connectivity index (χ4n) is 0.795. The first-order valence-electron chi connectivity index (χ1n) is 4.50. The van der Waals surface area contributed by atoms with E-state index in [0.717, 1.165) is 6.54 Å². The zero-order valence-corrected chi connectivity index (χ0v) is 8.89. The summed E-state index contributed by atoms with van der Waals surface area (Å²) in [6, 6.07) is -0.522. The number of nitrogens with two attached hydrogens (primary N) is 1. The van der Waals surface area contributed by atoms with Gasteiger partial charge in [-0.15, -0.1) is 0 Å². The molecule has 0 aliphatic carbocycles. The molecule has 0 spiro atoms. The summed E-state index contributed by atoms with van der Waals surface area (Å²) in [6.45, 7) is 6.21. The van der Waals surface area contributed by atoms with Gasteiger partial charge in [0.15, 0.2) is 0 Å². The van der Waals surface area contributed by atoms with Crippen LogP contribution in [-0.2, 0) is 9.53 Å². The summed E-state index contributed by atoms with van der Waals surface area (Å²) in [5.74, 6) is -0.331. The molecule has 0 fully saturated rings. The summed E-state index contributed by atoms with van der Waals surface area (Å²) in [5.41, 5.74) is 5.15. The minimum atomic E-state index is -0.522. The first kappa shape index (κ1) is 12.4. The van der Waals surface area contributed by atoms with Gasteiger partial charge in [-0.3, -0.25) is 4.79 Å². The van der Waals surface area contributed by atoms with Crippen molar-refractivity contribution < 1.29 is 9.53 Å². The van der Waals surface area contributed by atoms with Crippen molar-refractivity contribution in [2.75, 3.05) is 13.6 Å². The summed E-state index contributed by atoms with van der Waals surface area (Å²) in [5, 5.41) is 2.93. The molecular weight excluding hydrogens is 168 g/mol. The second-order valence-corrected chi connectivity index (χ2v) is 4.03. The lowest BCUT2D eigenvalue weighted by molar-refractivity contribution is -0.156. The Balaban J connectivity index is 3.83. The van der Waals surface area contributed by atoms with Gasteiger partial charge in [0.05, 0.1) is 0 Å². The molecule has 78 valence electrons. The van der Waals surface area contributed by atoms with E-state index in [1.807, 2.05) is 27.8 Å². The number of nitrogens with one attached hydrogen (secondary N) is 1. The van der Waals surface area contributed by atoms with E-state index in [4.69, 9.17) is 10.5 Å². The van der Waals surface area contributed by atoms with Crippen molar-refractivity contribution in [2.45, 2.75) is 38.8 Å². The Morgan fingerprint density at radius 2 is 2.08 bits per heavy atom. The Labute approximate surface area is 79.8 Å². The van der Waals surface area contributed by atoms with Gasteiger partial charge in [-0.25, -0.2) is 0 Å². The molecule has 0 aliphatic heterocycles. The van der Waals surface area contributed by atoms with Crippen LogP contribution in [0.25, 0.3) is 0 Å². The average molecular weight is 188 g/mol. The Morgan fingerprint density at radius 1 is 1.54 bits per heavy atom. The van der Waals surface area contributed by atoms with Crippen LogP contribution in [0, 0.1) is 0 Å². The fraction of sp³-hybridized carbons (Fsp3) is 0.889. The van der Waals surface area contributed by atoms with Crippen LogP contribution in [0.4, 0.5) is 0 Å². The topological polar surface area (TPSA) is 64.3 Å². The van der Waals surface area contributed by atoms with E-state index in [9.17, 15) is 4.79 Å². The number of rotatable bonds is 4. The third kappa shape index (κ3) is 6.54. The Hall–Kier alpha value is -0.610. The first-order chi connectivity index (χ1) is 5.87. The molecule has 0 saturated carbocycles. The molecule has 4 heteroatoms. The molecule has 0 heterocycles. The van der Waals surface area contributed by atoms with E-state index in [-0.39, 0.29) is 5.97 Å². The second kappa shape index (κ2) is 5.19. The van der Waals surface area contributed by atoms with Gasteiger partial charge in [0.2, 0.25) is 0 Å². The third-order valence-corrected chi connectivity index (χ3v) is 1.41. The van der Waals surface area contributed by atoms with Gasteiger partial charge in [0.25, 0.3) is 0 Å². The predicted molar refractivity (Wildman–Crippen MR) is 52.4 cm³/mol. The summed E-state index contributed by atoms with van der Waals surface area (Å²) in [7, 11) is 1.82. The minimum Gasteiger partial charge on any atom is -0.459 e. The highest BCUT2D eigenvalue weighted by Gasteiger charge is 2.21. The van der Waals surface area contributed by atoms with Crippen molar-refractivity contribution >= 4 is 5.97 Å². The summed E-state index contributed by atoms with van der Waals surface area (Å²) >= 11 is 0. The predicted octanol–water partition coefficient (Wildman–Crippen LogP) is 0.265. The van der Waals surface area contributed by atoms with Crippen molar-refractivity contribution in [1.82, 2.24) is 5.32 Å². The van der Waals surface area contributed by atoms with Gasteiger partial charge in [-0.2, -0.15) is 0 Å². The molecule has 3 N–H and O–H groups in total. The van der Waals surface area contributed by atoms with Crippen LogP contribution < -0.4 is 11.1 Å². The number of hydrogen-bond acceptors (Lipinski definition) is 4. The van der Waals surface area contributed by atoms with Crippen molar-refractivity contribution in [2.24, 2.45) is 5.73 Å². The maximum absolute atomic E-state index is 11.3. The zero-order chi connectivity index (χ0) is 10.5. The van der Waals surface area contributed by atoms with Crippen LogP contribution in [0.2, 0.25) is 0 Å². The molecule has 4 nitrogen and oxygen atoms in total. The van der Waals surface area contributed by atoms with Crippen LogP contribution in [0.5, 0.6) is 0 Å². The van der Waals surface area contributed by atoms with Crippen LogP contribution in [0.1, 0.15) is 27.2 Å². The number of carbonyl (C=O) groups excluding carboxylic acids is 1. The standard InChI is InChI=1S/C9H20N2O2/c1-9(2,3)13-8(12)7(10)5-6-11-4/h7,11H,5-6,10H2,1-4H3/t7-/m0/s1. The van der Waals surface area contributed by atoms with E-state index in [0.29, 0.717) is 6.42 Å². The maximum atomic E-state index is 11.3. The molecule has 0 unspecified atom stereocenters. The molecule has 0 aromatic carbocycles. The molecule has 0 radical (unpaired) electrons. The molecule has 0 amide bonds. The smallest absolute Gasteiger partial charge is 0.323 e. The van der Waals surface area contributed by atoms with E-state index < -0.39 is 11.6 Å². The summed E-state index contributed by atoms with van der Waals surface area (Å²) < 4.78 is 5.10. The lowest BCUT2D eigenvalue weighted by Gasteiger charge is -2.22. The Kier molecular flexibility index (Phi) is 4.95. The van der Waals surface area contributed by atoms with E-state index >= 15 is 0 Å². The minimum absolute atomic E-state index is 0.331. The van der Waals surface area contributed by atoms with E-state index in [1.165, 1.54) is 0 Å². The molecule has 0 rings (SSSR count). The van der Waals surface area contributed by atoms with Crippen molar-refractivity contribution in [3.8, 4) is 0 Å². The molecule has 0 aromatic rings. The highest BCUT2D eigenvalue weighted by Crippen LogP contribution is 2.08. The van der Waals surface area contributed by atoms with Crippen LogP contribution in [0.15, 0.2) is 0 Å². The Morgan fingerprint density at radius 3 is 2.46 bits per heavy atom. The normalized spacial score (nSPS) is 13.9. The molecule has 0 aliphatic rings. The van der Waals surface area contributed by atoms with Crippen molar-refractivity contribution in [3.63, 3.8) is 0 Å². The quantitative estimate of drug-likeness (QED) is 0.621. The van der Waals surface area contributed by atoms with Gasteiger partial charge in [-0.05, 0) is 40.8 Å². The van der Waals surface area contributed by atoms with Crippen molar-refractivity contribution in [1.29, 1.82) is 0 Å². The van der Waals surface area contributed by atoms with Gasteiger partial charge < -0.3 is 15.8 Å². The first-order valence-corrected chi connectivity index (χ1v) is 4.50. The summed E-state index contributed by atoms with van der Waals surface area (Å²) in [4.78, 5) is 11.3. The van der Waals surface area contributed by atoms with Crippen LogP contribution >= 0.6 is 0 Å². The number of esters is 1.